The van der Waals surface area contributed by atoms with Crippen LogP contribution in [0.1, 0.15) is 89.5 Å². The van der Waals surface area contributed by atoms with Crippen LogP contribution in [0, 0.1) is 5.82 Å². The number of halogens is 2. The van der Waals surface area contributed by atoms with Gasteiger partial charge in [0.2, 0.25) is 5.43 Å². The third-order valence-electron chi connectivity index (χ3n) is 6.86. The molecule has 0 unspecified atom stereocenters. The molecule has 1 aromatic carbocycles. The molecule has 2 aromatic rings. The molecule has 2 heterocycles. The lowest BCUT2D eigenvalue weighted by Crippen LogP contribution is -2.33. The van der Waals surface area contributed by atoms with Crippen LogP contribution in [0.15, 0.2) is 28.5 Å². The van der Waals surface area contributed by atoms with E-state index in [1.807, 2.05) is 0 Å². The number of hydrogen-bond acceptors (Lipinski definition) is 7. The van der Waals surface area contributed by atoms with Crippen molar-refractivity contribution in [1.29, 1.82) is 0 Å². The molecule has 218 valence electrons. The highest BCUT2D eigenvalue weighted by atomic mass is 19.1. The van der Waals surface area contributed by atoms with Crippen molar-refractivity contribution in [3.63, 3.8) is 0 Å². The van der Waals surface area contributed by atoms with Crippen LogP contribution < -0.4 is 15.1 Å². The number of nitrogens with zero attached hydrogens (tertiary/aromatic N) is 2. The molecule has 1 aliphatic heterocycles. The quantitative estimate of drug-likeness (QED) is 0.366. The van der Waals surface area contributed by atoms with Crippen molar-refractivity contribution in [2.45, 2.75) is 90.9 Å². The van der Waals surface area contributed by atoms with Crippen molar-refractivity contribution in [1.82, 2.24) is 4.57 Å². The van der Waals surface area contributed by atoms with E-state index in [0.29, 0.717) is 30.5 Å². The highest BCUT2D eigenvalue weighted by molar-refractivity contribution is 5.97. The predicted octanol–water partition coefficient (Wildman–Crippen LogP) is 6.00. The molecule has 2 aliphatic rings. The van der Waals surface area contributed by atoms with Gasteiger partial charge in [0.15, 0.2) is 11.6 Å². The summed E-state index contributed by atoms with van der Waals surface area (Å²) in [5.41, 5.74) is -0.412. The zero-order valence-electron chi connectivity index (χ0n) is 24.1. The molecule has 0 spiro atoms. The number of fused-ring (bicyclic) bond motifs is 1. The number of rotatable bonds is 8. The van der Waals surface area contributed by atoms with E-state index in [0.717, 1.165) is 18.9 Å². The molecule has 1 aromatic heterocycles. The molecule has 10 heteroatoms. The van der Waals surface area contributed by atoms with Crippen molar-refractivity contribution in [2.75, 3.05) is 25.1 Å². The Morgan fingerprint density at radius 1 is 1.18 bits per heavy atom. The molecule has 1 saturated carbocycles. The third kappa shape index (κ3) is 6.47. The van der Waals surface area contributed by atoms with Gasteiger partial charge in [-0.3, -0.25) is 9.59 Å². The van der Waals surface area contributed by atoms with Gasteiger partial charge in [-0.25, -0.2) is 13.6 Å². The summed E-state index contributed by atoms with van der Waals surface area (Å²) in [5.74, 6) is -2.18. The smallest absolute Gasteiger partial charge is 0.343 e. The van der Waals surface area contributed by atoms with Gasteiger partial charge in [0.25, 0.3) is 0 Å². The van der Waals surface area contributed by atoms with Gasteiger partial charge < -0.3 is 23.7 Å². The number of carbonyl (C=O) groups excluding carboxylic acids is 2. The van der Waals surface area contributed by atoms with Gasteiger partial charge in [-0.15, -0.1) is 0 Å². The average molecular weight is 561 g/mol. The Balaban J connectivity index is 1.72. The Bertz CT molecular complexity index is 1400. The summed E-state index contributed by atoms with van der Waals surface area (Å²) < 4.78 is 49.1. The van der Waals surface area contributed by atoms with Crippen molar-refractivity contribution in [3.8, 4) is 5.75 Å². The summed E-state index contributed by atoms with van der Waals surface area (Å²) in [5, 5.41) is 0.0273. The van der Waals surface area contributed by atoms with E-state index >= 15 is 8.78 Å². The van der Waals surface area contributed by atoms with Crippen LogP contribution in [-0.2, 0) is 14.3 Å². The maximum atomic E-state index is 15.8. The van der Waals surface area contributed by atoms with Crippen LogP contribution in [0.3, 0.4) is 0 Å². The lowest BCUT2D eigenvalue weighted by Gasteiger charge is -2.33. The molecular formula is C30H38F2N2O6. The second-order valence-electron chi connectivity index (χ2n) is 11.7. The van der Waals surface area contributed by atoms with Gasteiger partial charge in [-0.1, -0.05) is 0 Å². The number of hydrogen-bond donors (Lipinski definition) is 0. The summed E-state index contributed by atoms with van der Waals surface area (Å²) in [6.45, 7) is 9.21. The highest BCUT2D eigenvalue weighted by Gasteiger charge is 2.32. The fourth-order valence-corrected chi connectivity index (χ4v) is 5.06. The van der Waals surface area contributed by atoms with E-state index in [2.05, 4.69) is 0 Å². The Morgan fingerprint density at radius 2 is 1.88 bits per heavy atom. The first-order valence-electron chi connectivity index (χ1n) is 13.8. The number of anilines is 1. The molecule has 4 rings (SSSR count). The van der Waals surface area contributed by atoms with Crippen molar-refractivity contribution in [2.24, 2.45) is 0 Å². The largest absolute Gasteiger partial charge is 0.492 e. The normalized spacial score (nSPS) is 17.3. The van der Waals surface area contributed by atoms with Crippen LogP contribution in [-0.4, -0.2) is 48.4 Å². The first kappa shape index (κ1) is 29.6. The van der Waals surface area contributed by atoms with Gasteiger partial charge in [-0.2, -0.15) is 0 Å². The number of esters is 2. The molecular weight excluding hydrogens is 522 g/mol. The van der Waals surface area contributed by atoms with E-state index in [-0.39, 0.29) is 47.8 Å². The number of piperidine rings is 1. The standard InChI is InChI=1S/C30H38F2N2O6/c1-17(2)39-29(37)21-16-34(19-9-10-19)25-20(27(21)36)14-23(32)26(28(25)38-6)33-13-7-8-18(15-33)22(31)11-12-24(35)40-30(3,4)5/h14,16-17,19H,7-13,15H2,1-6H3/b22-18+. The average Bonchev–Trinajstić information content (AvgIpc) is 3.71. The van der Waals surface area contributed by atoms with Gasteiger partial charge in [0.1, 0.15) is 22.7 Å². The van der Waals surface area contributed by atoms with Crippen LogP contribution >= 0.6 is 0 Å². The number of pyridine rings is 1. The van der Waals surface area contributed by atoms with E-state index in [4.69, 9.17) is 14.2 Å². The number of ether oxygens (including phenoxy) is 3. The van der Waals surface area contributed by atoms with Crippen molar-refractivity contribution >= 4 is 28.5 Å². The monoisotopic (exact) mass is 560 g/mol. The Labute approximate surface area is 232 Å². The lowest BCUT2D eigenvalue weighted by atomic mass is 10.00. The van der Waals surface area contributed by atoms with E-state index in [9.17, 15) is 14.4 Å². The van der Waals surface area contributed by atoms with Crippen LogP contribution in [0.5, 0.6) is 5.75 Å². The molecule has 40 heavy (non-hydrogen) atoms. The molecule has 0 N–H and O–H groups in total. The van der Waals surface area contributed by atoms with Gasteiger partial charge in [0, 0.05) is 31.7 Å². The van der Waals surface area contributed by atoms with E-state index in [1.165, 1.54) is 13.3 Å². The SMILES string of the molecule is COc1c(N2CCC/C(=C(\F)CCC(=O)OC(C)(C)C)C2)c(F)cc2c(=O)c(C(=O)OC(C)C)cn(C3CC3)c12. The first-order valence-corrected chi connectivity index (χ1v) is 13.8. The predicted molar refractivity (Wildman–Crippen MR) is 148 cm³/mol. The fourth-order valence-electron chi connectivity index (χ4n) is 5.06. The van der Waals surface area contributed by atoms with Gasteiger partial charge in [0.05, 0.1) is 30.5 Å². The second-order valence-corrected chi connectivity index (χ2v) is 11.7. The molecule has 0 atom stereocenters. The molecule has 1 saturated heterocycles. The Hall–Kier alpha value is -3.43. The first-order chi connectivity index (χ1) is 18.8. The topological polar surface area (TPSA) is 87.1 Å². The summed E-state index contributed by atoms with van der Waals surface area (Å²) in [4.78, 5) is 39.8. The van der Waals surface area contributed by atoms with E-state index < -0.39 is 40.7 Å². The summed E-state index contributed by atoms with van der Waals surface area (Å²) >= 11 is 0. The zero-order valence-corrected chi connectivity index (χ0v) is 24.1. The van der Waals surface area contributed by atoms with Crippen LogP contribution in [0.4, 0.5) is 14.5 Å². The number of carbonyl (C=O) groups is 2. The number of aromatic nitrogens is 1. The number of methoxy groups -OCH3 is 1. The number of benzene rings is 1. The molecule has 1 aliphatic carbocycles. The molecule has 0 radical (unpaired) electrons. The minimum atomic E-state index is -0.757. The summed E-state index contributed by atoms with van der Waals surface area (Å²) in [6, 6.07) is 1.17. The van der Waals surface area contributed by atoms with Gasteiger partial charge >= 0.3 is 11.9 Å². The van der Waals surface area contributed by atoms with Crippen molar-refractivity contribution in [3.05, 3.63) is 45.3 Å². The lowest BCUT2D eigenvalue weighted by molar-refractivity contribution is -0.154. The molecule has 0 bridgehead atoms. The minimum Gasteiger partial charge on any atom is -0.492 e. The summed E-state index contributed by atoms with van der Waals surface area (Å²) in [7, 11) is 1.41. The molecule has 2 fully saturated rings. The third-order valence-corrected chi connectivity index (χ3v) is 6.86. The molecule has 8 nitrogen and oxygen atoms in total. The Morgan fingerprint density at radius 3 is 2.48 bits per heavy atom. The molecule has 0 amide bonds. The second kappa shape index (κ2) is 11.6. The number of allylic oxidation sites excluding steroid dienone is 1. The van der Waals surface area contributed by atoms with Crippen molar-refractivity contribution < 1.29 is 32.6 Å². The van der Waals surface area contributed by atoms with Crippen LogP contribution in [0.25, 0.3) is 10.9 Å². The maximum Gasteiger partial charge on any atom is 0.343 e. The maximum absolute atomic E-state index is 15.8. The fraction of sp³-hybridized carbons (Fsp3) is 0.567. The van der Waals surface area contributed by atoms with Crippen LogP contribution in [0.2, 0.25) is 0 Å². The summed E-state index contributed by atoms with van der Waals surface area (Å²) in [6.07, 6.45) is 3.62. The minimum absolute atomic E-state index is 0.0273. The Kier molecular flexibility index (Phi) is 8.56. The zero-order chi connectivity index (χ0) is 29.4. The van der Waals surface area contributed by atoms with E-state index in [1.54, 1.807) is 44.1 Å². The highest BCUT2D eigenvalue weighted by Crippen LogP contribution is 2.44. The van der Waals surface area contributed by atoms with Gasteiger partial charge in [-0.05, 0) is 71.9 Å².